The molecule has 154 valence electrons. The second-order valence-electron chi connectivity index (χ2n) is 6.50. The van der Waals surface area contributed by atoms with E-state index in [1.807, 2.05) is 32.0 Å². The van der Waals surface area contributed by atoms with Gasteiger partial charge >= 0.3 is 6.61 Å². The number of halogens is 2. The Hall–Kier alpha value is -2.61. The van der Waals surface area contributed by atoms with Crippen molar-refractivity contribution in [2.45, 2.75) is 43.8 Å². The molecule has 2 aromatic carbocycles. The van der Waals surface area contributed by atoms with Crippen LogP contribution in [0.1, 0.15) is 31.9 Å². The minimum absolute atomic E-state index is 0.00143. The monoisotopic (exact) mass is 420 g/mol. The van der Waals surface area contributed by atoms with E-state index in [1.165, 1.54) is 24.9 Å². The smallest absolute Gasteiger partial charge is 0.387 e. The van der Waals surface area contributed by atoms with Gasteiger partial charge in [-0.25, -0.2) is 4.98 Å². The van der Waals surface area contributed by atoms with Crippen molar-refractivity contribution in [2.75, 3.05) is 7.11 Å². The van der Waals surface area contributed by atoms with E-state index >= 15 is 0 Å². The van der Waals surface area contributed by atoms with E-state index in [9.17, 15) is 13.6 Å². The van der Waals surface area contributed by atoms with Gasteiger partial charge in [-0.1, -0.05) is 36.9 Å². The molecular formula is C21H22F2N2O3S. The van der Waals surface area contributed by atoms with E-state index in [1.54, 1.807) is 22.8 Å². The summed E-state index contributed by atoms with van der Waals surface area (Å²) in [6.07, 6.45) is 0.793. The molecule has 1 aromatic heterocycles. The van der Waals surface area contributed by atoms with E-state index in [2.05, 4.69) is 4.74 Å². The van der Waals surface area contributed by atoms with Crippen LogP contribution in [0.2, 0.25) is 0 Å². The molecule has 0 aliphatic carbocycles. The average molecular weight is 420 g/mol. The molecule has 0 saturated carbocycles. The van der Waals surface area contributed by atoms with Gasteiger partial charge in [0, 0.05) is 11.8 Å². The largest absolute Gasteiger partial charge is 0.493 e. The second-order valence-corrected chi connectivity index (χ2v) is 7.44. The summed E-state index contributed by atoms with van der Waals surface area (Å²) in [7, 11) is 1.40. The van der Waals surface area contributed by atoms with Crippen LogP contribution in [-0.4, -0.2) is 23.3 Å². The topological polar surface area (TPSA) is 53.4 Å². The van der Waals surface area contributed by atoms with Gasteiger partial charge in [0.2, 0.25) is 0 Å². The first-order chi connectivity index (χ1) is 13.9. The van der Waals surface area contributed by atoms with E-state index in [0.29, 0.717) is 21.8 Å². The standard InChI is InChI=1S/C21H22F2N2O3S/c1-4-13(2)25-19(26)15-7-5-6-8-16(15)24-21(25)29-12-14-9-10-17(28-20(22)23)18(11-14)27-3/h5-11,13,20H,4,12H2,1-3H3. The molecule has 1 atom stereocenters. The van der Waals surface area contributed by atoms with Gasteiger partial charge in [-0.2, -0.15) is 8.78 Å². The Morgan fingerprint density at radius 2 is 1.93 bits per heavy atom. The number of methoxy groups -OCH3 is 1. The SMILES string of the molecule is CCC(C)n1c(SCc2ccc(OC(F)F)c(OC)c2)nc2ccccc2c1=O. The third-order valence-electron chi connectivity index (χ3n) is 4.62. The normalized spacial score (nSPS) is 12.3. The molecule has 0 fully saturated rings. The molecule has 0 bridgehead atoms. The summed E-state index contributed by atoms with van der Waals surface area (Å²) in [5.41, 5.74) is 1.43. The third-order valence-corrected chi connectivity index (χ3v) is 5.64. The minimum atomic E-state index is -2.92. The van der Waals surface area contributed by atoms with Gasteiger partial charge in [0.25, 0.3) is 5.56 Å². The lowest BCUT2D eigenvalue weighted by Crippen LogP contribution is -2.26. The highest BCUT2D eigenvalue weighted by atomic mass is 32.2. The quantitative estimate of drug-likeness (QED) is 0.367. The first-order valence-corrected chi connectivity index (χ1v) is 10.2. The van der Waals surface area contributed by atoms with Crippen LogP contribution in [0, 0.1) is 0 Å². The number of hydrogen-bond donors (Lipinski definition) is 0. The lowest BCUT2D eigenvalue weighted by atomic mass is 10.2. The molecule has 0 radical (unpaired) electrons. The number of rotatable bonds is 8. The van der Waals surface area contributed by atoms with Crippen molar-refractivity contribution in [1.29, 1.82) is 0 Å². The van der Waals surface area contributed by atoms with Crippen LogP contribution in [0.5, 0.6) is 11.5 Å². The molecule has 0 amide bonds. The lowest BCUT2D eigenvalue weighted by Gasteiger charge is -2.18. The third kappa shape index (κ3) is 4.70. The molecule has 1 unspecified atom stereocenters. The van der Waals surface area contributed by atoms with Crippen LogP contribution in [-0.2, 0) is 5.75 Å². The molecule has 3 aromatic rings. The summed E-state index contributed by atoms with van der Waals surface area (Å²) < 4.78 is 36.3. The maximum absolute atomic E-state index is 13.0. The van der Waals surface area contributed by atoms with Crippen molar-refractivity contribution >= 4 is 22.7 Å². The summed E-state index contributed by atoms with van der Waals surface area (Å²) in [6.45, 7) is 1.09. The predicted octanol–water partition coefficient (Wildman–Crippen LogP) is 5.27. The fourth-order valence-electron chi connectivity index (χ4n) is 2.94. The zero-order valence-electron chi connectivity index (χ0n) is 16.4. The van der Waals surface area contributed by atoms with Gasteiger partial charge < -0.3 is 9.47 Å². The lowest BCUT2D eigenvalue weighted by molar-refractivity contribution is -0.0512. The average Bonchev–Trinajstić information content (AvgIpc) is 2.72. The number of alkyl halides is 2. The van der Waals surface area contributed by atoms with Crippen molar-refractivity contribution in [3.63, 3.8) is 0 Å². The van der Waals surface area contributed by atoms with Gasteiger partial charge in [-0.05, 0) is 43.2 Å². The van der Waals surface area contributed by atoms with Crippen molar-refractivity contribution < 1.29 is 18.3 Å². The molecular weight excluding hydrogens is 398 g/mol. The van der Waals surface area contributed by atoms with E-state index in [-0.39, 0.29) is 23.1 Å². The van der Waals surface area contributed by atoms with Crippen LogP contribution in [0.3, 0.4) is 0 Å². The van der Waals surface area contributed by atoms with Gasteiger partial charge in [0.1, 0.15) is 0 Å². The number of hydrogen-bond acceptors (Lipinski definition) is 5. The highest BCUT2D eigenvalue weighted by Gasteiger charge is 2.16. The molecule has 3 rings (SSSR count). The molecule has 5 nitrogen and oxygen atoms in total. The van der Waals surface area contributed by atoms with Gasteiger partial charge in [0.15, 0.2) is 16.7 Å². The Balaban J connectivity index is 1.93. The van der Waals surface area contributed by atoms with Crippen LogP contribution in [0.15, 0.2) is 52.4 Å². The van der Waals surface area contributed by atoms with Gasteiger partial charge in [-0.15, -0.1) is 0 Å². The van der Waals surface area contributed by atoms with E-state index < -0.39 is 6.61 Å². The van der Waals surface area contributed by atoms with Crippen LogP contribution in [0.4, 0.5) is 8.78 Å². The number of ether oxygens (including phenoxy) is 2. The Morgan fingerprint density at radius 1 is 1.17 bits per heavy atom. The Labute approximate surface area is 171 Å². The second kappa shape index (κ2) is 9.26. The maximum Gasteiger partial charge on any atom is 0.387 e. The fourth-order valence-corrected chi connectivity index (χ4v) is 3.98. The van der Waals surface area contributed by atoms with Crippen molar-refractivity contribution in [3.05, 3.63) is 58.4 Å². The highest BCUT2D eigenvalue weighted by molar-refractivity contribution is 7.98. The maximum atomic E-state index is 13.0. The van der Waals surface area contributed by atoms with Gasteiger partial charge in [-0.3, -0.25) is 9.36 Å². The summed E-state index contributed by atoms with van der Waals surface area (Å²) in [6, 6.07) is 12.1. The Bertz CT molecular complexity index is 1060. The number of thioether (sulfide) groups is 1. The minimum Gasteiger partial charge on any atom is -0.493 e. The van der Waals surface area contributed by atoms with E-state index in [4.69, 9.17) is 9.72 Å². The number of aromatic nitrogens is 2. The fraction of sp³-hybridized carbons (Fsp3) is 0.333. The Kier molecular flexibility index (Phi) is 6.74. The molecule has 0 saturated heterocycles. The highest BCUT2D eigenvalue weighted by Crippen LogP contribution is 2.32. The molecule has 0 N–H and O–H groups in total. The summed E-state index contributed by atoms with van der Waals surface area (Å²) in [5, 5.41) is 1.21. The Morgan fingerprint density at radius 3 is 2.62 bits per heavy atom. The van der Waals surface area contributed by atoms with Crippen molar-refractivity contribution in [1.82, 2.24) is 9.55 Å². The van der Waals surface area contributed by atoms with Crippen LogP contribution in [0.25, 0.3) is 10.9 Å². The van der Waals surface area contributed by atoms with Crippen LogP contribution >= 0.6 is 11.8 Å². The molecule has 29 heavy (non-hydrogen) atoms. The van der Waals surface area contributed by atoms with Gasteiger partial charge in [0.05, 0.1) is 18.0 Å². The number of nitrogens with zero attached hydrogens (tertiary/aromatic N) is 2. The first kappa shape index (κ1) is 21.1. The van der Waals surface area contributed by atoms with Crippen molar-refractivity contribution in [3.8, 4) is 11.5 Å². The summed E-state index contributed by atoms with van der Waals surface area (Å²) in [4.78, 5) is 17.7. The number of para-hydroxylation sites is 1. The molecule has 0 spiro atoms. The molecule has 0 aliphatic heterocycles. The number of benzene rings is 2. The zero-order valence-corrected chi connectivity index (χ0v) is 17.2. The first-order valence-electron chi connectivity index (χ1n) is 9.20. The summed E-state index contributed by atoms with van der Waals surface area (Å²) in [5.74, 6) is 0.706. The molecule has 0 aliphatic rings. The van der Waals surface area contributed by atoms with Crippen LogP contribution < -0.4 is 15.0 Å². The molecule has 1 heterocycles. The zero-order chi connectivity index (χ0) is 21.0. The number of fused-ring (bicyclic) bond motifs is 1. The molecule has 8 heteroatoms. The predicted molar refractivity (Wildman–Crippen MR) is 110 cm³/mol. The summed E-state index contributed by atoms with van der Waals surface area (Å²) >= 11 is 1.42. The van der Waals surface area contributed by atoms with E-state index in [0.717, 1.165) is 12.0 Å². The van der Waals surface area contributed by atoms with Crippen molar-refractivity contribution in [2.24, 2.45) is 0 Å².